The Morgan fingerprint density at radius 3 is 2.73 bits per heavy atom. The number of hydrogen-bond donors (Lipinski definition) is 1. The summed E-state index contributed by atoms with van der Waals surface area (Å²) in [7, 11) is 1.98. The van der Waals surface area contributed by atoms with Crippen LogP contribution in [0.15, 0.2) is 0 Å². The lowest BCUT2D eigenvalue weighted by Crippen LogP contribution is -2.42. The smallest absolute Gasteiger partial charge is 0.166 e. The van der Waals surface area contributed by atoms with Gasteiger partial charge in [-0.1, -0.05) is 0 Å². The molecule has 0 aromatic heterocycles. The van der Waals surface area contributed by atoms with Crippen molar-refractivity contribution in [3.05, 3.63) is 0 Å². The molecule has 64 valence electrons. The fourth-order valence-corrected chi connectivity index (χ4v) is 1.57. The van der Waals surface area contributed by atoms with E-state index in [2.05, 4.69) is 4.90 Å². The van der Waals surface area contributed by atoms with Crippen LogP contribution in [-0.4, -0.2) is 36.4 Å². The van der Waals surface area contributed by atoms with Crippen LogP contribution < -0.4 is 5.73 Å². The van der Waals surface area contributed by atoms with E-state index in [0.717, 1.165) is 19.4 Å². The second-order valence-corrected chi connectivity index (χ2v) is 3.33. The predicted octanol–water partition coefficient (Wildman–Crippen LogP) is -0.00310. The zero-order valence-corrected chi connectivity index (χ0v) is 7.21. The Kier molecular flexibility index (Phi) is 2.62. The van der Waals surface area contributed by atoms with Crippen molar-refractivity contribution in [2.75, 3.05) is 13.6 Å². The number of nitrogens with zero attached hydrogens (tertiary/aromatic N) is 1. The van der Waals surface area contributed by atoms with Gasteiger partial charge >= 0.3 is 0 Å². The first-order chi connectivity index (χ1) is 5.13. The molecule has 0 bridgehead atoms. The Morgan fingerprint density at radius 1 is 1.73 bits per heavy atom. The van der Waals surface area contributed by atoms with E-state index in [1.165, 1.54) is 0 Å². The first-order valence-corrected chi connectivity index (χ1v) is 4.12. The minimum atomic E-state index is -0.305. The van der Waals surface area contributed by atoms with Gasteiger partial charge in [-0.2, -0.15) is 0 Å². The minimum Gasteiger partial charge on any atom is -0.322 e. The molecule has 1 heterocycles. The van der Waals surface area contributed by atoms with Crippen LogP contribution >= 0.6 is 0 Å². The fraction of sp³-hybridized carbons (Fsp3) is 0.875. The molecule has 1 aliphatic heterocycles. The van der Waals surface area contributed by atoms with E-state index < -0.39 is 0 Å². The Hall–Kier alpha value is -0.410. The van der Waals surface area contributed by atoms with E-state index in [0.29, 0.717) is 0 Å². The summed E-state index contributed by atoms with van der Waals surface area (Å²) in [5.74, 6) is 0.185. The van der Waals surface area contributed by atoms with Gasteiger partial charge < -0.3 is 5.73 Å². The van der Waals surface area contributed by atoms with Crippen molar-refractivity contribution in [1.29, 1.82) is 0 Å². The average Bonchev–Trinajstić information content (AvgIpc) is 2.33. The summed E-state index contributed by atoms with van der Waals surface area (Å²) >= 11 is 0. The quantitative estimate of drug-likeness (QED) is 0.612. The highest BCUT2D eigenvalue weighted by Crippen LogP contribution is 2.15. The topological polar surface area (TPSA) is 46.3 Å². The normalized spacial score (nSPS) is 28.8. The average molecular weight is 156 g/mol. The third kappa shape index (κ3) is 1.79. The lowest BCUT2D eigenvalue weighted by atomic mass is 10.1. The van der Waals surface area contributed by atoms with Crippen molar-refractivity contribution in [1.82, 2.24) is 4.90 Å². The largest absolute Gasteiger partial charge is 0.322 e. The molecule has 0 aromatic rings. The molecule has 1 fully saturated rings. The second-order valence-electron chi connectivity index (χ2n) is 3.33. The first kappa shape index (κ1) is 8.68. The van der Waals surface area contributed by atoms with Crippen molar-refractivity contribution in [2.24, 2.45) is 5.73 Å². The minimum absolute atomic E-state index is 0.0926. The van der Waals surface area contributed by atoms with Gasteiger partial charge in [0.05, 0.1) is 12.1 Å². The molecule has 1 rings (SSSR count). The standard InChI is InChI=1S/C8H16N2O/c1-6(9)8(11)7-4-3-5-10(7)2/h6-7H,3-5,9H2,1-2H3. The maximum atomic E-state index is 11.4. The molecule has 2 N–H and O–H groups in total. The summed E-state index contributed by atoms with van der Waals surface area (Å²) in [6.07, 6.45) is 2.11. The Morgan fingerprint density at radius 2 is 2.36 bits per heavy atom. The van der Waals surface area contributed by atoms with Gasteiger partial charge in [-0.15, -0.1) is 0 Å². The van der Waals surface area contributed by atoms with Gasteiger partial charge in [-0.05, 0) is 33.4 Å². The highest BCUT2D eigenvalue weighted by molar-refractivity contribution is 5.88. The summed E-state index contributed by atoms with van der Waals surface area (Å²) in [6.45, 7) is 2.79. The lowest BCUT2D eigenvalue weighted by molar-refractivity contribution is -0.123. The van der Waals surface area contributed by atoms with Crippen LogP contribution in [0.5, 0.6) is 0 Å². The summed E-state index contributed by atoms with van der Waals surface area (Å²) in [6, 6.07) is -0.212. The van der Waals surface area contributed by atoms with Gasteiger partial charge in [0.2, 0.25) is 0 Å². The van der Waals surface area contributed by atoms with Gasteiger partial charge in [0.1, 0.15) is 0 Å². The monoisotopic (exact) mass is 156 g/mol. The molecular weight excluding hydrogens is 140 g/mol. The number of carbonyl (C=O) groups excluding carboxylic acids is 1. The van der Waals surface area contributed by atoms with Crippen molar-refractivity contribution in [3.8, 4) is 0 Å². The van der Waals surface area contributed by atoms with Crippen LogP contribution in [0.3, 0.4) is 0 Å². The van der Waals surface area contributed by atoms with Crippen LogP contribution in [-0.2, 0) is 4.79 Å². The van der Waals surface area contributed by atoms with Crippen LogP contribution in [0.4, 0.5) is 0 Å². The molecular formula is C8H16N2O. The van der Waals surface area contributed by atoms with Crippen molar-refractivity contribution >= 4 is 5.78 Å². The fourth-order valence-electron chi connectivity index (χ4n) is 1.57. The van der Waals surface area contributed by atoms with Gasteiger partial charge in [-0.3, -0.25) is 9.69 Å². The Balaban J connectivity index is 2.53. The summed E-state index contributed by atoms with van der Waals surface area (Å²) in [4.78, 5) is 13.5. The number of hydrogen-bond acceptors (Lipinski definition) is 3. The van der Waals surface area contributed by atoms with Crippen LogP contribution in [0.2, 0.25) is 0 Å². The second kappa shape index (κ2) is 3.32. The molecule has 3 nitrogen and oxygen atoms in total. The summed E-state index contributed by atoms with van der Waals surface area (Å²) < 4.78 is 0. The third-order valence-corrected chi connectivity index (χ3v) is 2.30. The van der Waals surface area contributed by atoms with Gasteiger partial charge in [-0.25, -0.2) is 0 Å². The maximum absolute atomic E-state index is 11.4. The van der Waals surface area contributed by atoms with Crippen molar-refractivity contribution < 1.29 is 4.79 Å². The van der Waals surface area contributed by atoms with Crippen LogP contribution in [0.25, 0.3) is 0 Å². The molecule has 0 amide bonds. The number of carbonyl (C=O) groups is 1. The van der Waals surface area contributed by atoms with Crippen LogP contribution in [0, 0.1) is 0 Å². The third-order valence-electron chi connectivity index (χ3n) is 2.30. The van der Waals surface area contributed by atoms with Gasteiger partial charge in [0.15, 0.2) is 5.78 Å². The molecule has 0 aliphatic carbocycles. The molecule has 2 unspecified atom stereocenters. The van der Waals surface area contributed by atoms with Crippen molar-refractivity contribution in [3.63, 3.8) is 0 Å². The summed E-state index contributed by atoms with van der Waals surface area (Å²) in [5, 5.41) is 0. The van der Waals surface area contributed by atoms with Crippen molar-refractivity contribution in [2.45, 2.75) is 31.8 Å². The Bertz CT molecular complexity index is 156. The molecule has 0 spiro atoms. The van der Waals surface area contributed by atoms with Gasteiger partial charge in [0.25, 0.3) is 0 Å². The Labute approximate surface area is 67.5 Å². The molecule has 3 heteroatoms. The molecule has 1 saturated heterocycles. The van der Waals surface area contributed by atoms with E-state index in [1.54, 1.807) is 6.92 Å². The van der Waals surface area contributed by atoms with E-state index in [-0.39, 0.29) is 17.9 Å². The van der Waals surface area contributed by atoms with Crippen LogP contribution in [0.1, 0.15) is 19.8 Å². The molecule has 0 saturated carbocycles. The zero-order chi connectivity index (χ0) is 8.43. The molecule has 0 radical (unpaired) electrons. The maximum Gasteiger partial charge on any atom is 0.166 e. The number of likely N-dealkylation sites (N-methyl/N-ethyl adjacent to an activating group) is 1. The first-order valence-electron chi connectivity index (χ1n) is 4.12. The van der Waals surface area contributed by atoms with E-state index in [9.17, 15) is 4.79 Å². The molecule has 2 atom stereocenters. The number of ketones is 1. The number of nitrogens with two attached hydrogens (primary N) is 1. The highest BCUT2D eigenvalue weighted by atomic mass is 16.1. The van der Waals surface area contributed by atoms with E-state index in [1.807, 2.05) is 7.05 Å². The zero-order valence-electron chi connectivity index (χ0n) is 7.21. The summed E-state index contributed by atoms with van der Waals surface area (Å²) in [5.41, 5.74) is 5.50. The molecule has 1 aliphatic rings. The SMILES string of the molecule is CC(N)C(=O)C1CCCN1C. The highest BCUT2D eigenvalue weighted by Gasteiger charge is 2.28. The molecule has 11 heavy (non-hydrogen) atoms. The molecule has 0 aromatic carbocycles. The number of Topliss-reactive ketones (excluding diaryl/α,β-unsaturated/α-hetero) is 1. The van der Waals surface area contributed by atoms with E-state index >= 15 is 0 Å². The predicted molar refractivity (Wildman–Crippen MR) is 44.3 cm³/mol. The van der Waals surface area contributed by atoms with Gasteiger partial charge in [0, 0.05) is 0 Å². The number of rotatable bonds is 2. The van der Waals surface area contributed by atoms with E-state index in [4.69, 9.17) is 5.73 Å². The number of likely N-dealkylation sites (tertiary alicyclic amines) is 1. The lowest BCUT2D eigenvalue weighted by Gasteiger charge is -2.19.